The maximum Gasteiger partial charge on any atom is 0.191 e. The Morgan fingerprint density at radius 3 is 2.92 bits per heavy atom. The third-order valence-electron chi connectivity index (χ3n) is 3.73. The van der Waals surface area contributed by atoms with Gasteiger partial charge in [0.15, 0.2) is 5.96 Å². The van der Waals surface area contributed by atoms with Gasteiger partial charge in [-0.25, -0.2) is 4.99 Å². The van der Waals surface area contributed by atoms with Crippen LogP contribution in [0, 0.1) is 0 Å². The SMILES string of the molecule is CCNC(=NCc1ccco1)NCCc1c[nH]c2ccc(Cl)cc12.I. The van der Waals surface area contributed by atoms with Crippen LogP contribution >= 0.6 is 35.6 Å². The highest BCUT2D eigenvalue weighted by Gasteiger charge is 2.05. The van der Waals surface area contributed by atoms with Crippen molar-refractivity contribution in [1.29, 1.82) is 0 Å². The van der Waals surface area contributed by atoms with Crippen molar-refractivity contribution in [2.24, 2.45) is 4.99 Å². The Bertz CT molecular complexity index is 814. The smallest absolute Gasteiger partial charge is 0.191 e. The minimum atomic E-state index is 0. The van der Waals surface area contributed by atoms with Gasteiger partial charge in [-0.15, -0.1) is 24.0 Å². The first kappa shape index (κ1) is 19.7. The van der Waals surface area contributed by atoms with E-state index in [2.05, 4.69) is 20.6 Å². The summed E-state index contributed by atoms with van der Waals surface area (Å²) in [5.74, 6) is 1.63. The lowest BCUT2D eigenvalue weighted by molar-refractivity contribution is 0.512. The second-order valence-corrected chi connectivity index (χ2v) is 5.89. The fourth-order valence-corrected chi connectivity index (χ4v) is 2.75. The summed E-state index contributed by atoms with van der Waals surface area (Å²) in [6.45, 7) is 4.16. The summed E-state index contributed by atoms with van der Waals surface area (Å²) in [4.78, 5) is 7.80. The molecule has 0 radical (unpaired) electrons. The maximum atomic E-state index is 6.10. The summed E-state index contributed by atoms with van der Waals surface area (Å²) >= 11 is 6.10. The van der Waals surface area contributed by atoms with E-state index in [1.54, 1.807) is 6.26 Å². The molecule has 2 heterocycles. The molecule has 0 saturated carbocycles. The summed E-state index contributed by atoms with van der Waals surface area (Å²) in [5, 5.41) is 8.51. The summed E-state index contributed by atoms with van der Waals surface area (Å²) in [7, 11) is 0. The van der Waals surface area contributed by atoms with Crippen molar-refractivity contribution in [2.75, 3.05) is 13.1 Å². The molecule has 0 aliphatic rings. The molecular formula is C18H22ClIN4O. The van der Waals surface area contributed by atoms with Crippen molar-refractivity contribution in [3.05, 3.63) is 59.1 Å². The molecule has 3 N–H and O–H groups in total. The molecule has 5 nitrogen and oxygen atoms in total. The molecule has 3 rings (SSSR count). The molecule has 2 aromatic heterocycles. The molecule has 0 unspecified atom stereocenters. The predicted octanol–water partition coefficient (Wildman–Crippen LogP) is 4.33. The van der Waals surface area contributed by atoms with E-state index in [9.17, 15) is 0 Å². The van der Waals surface area contributed by atoms with Crippen LogP contribution in [0.2, 0.25) is 5.02 Å². The van der Waals surface area contributed by atoms with E-state index >= 15 is 0 Å². The Kier molecular flexibility index (Phi) is 7.64. The van der Waals surface area contributed by atoms with Crippen molar-refractivity contribution in [1.82, 2.24) is 15.6 Å². The van der Waals surface area contributed by atoms with E-state index in [-0.39, 0.29) is 24.0 Å². The molecular weight excluding hydrogens is 451 g/mol. The van der Waals surface area contributed by atoms with E-state index in [1.165, 1.54) is 10.9 Å². The molecule has 0 atom stereocenters. The van der Waals surface area contributed by atoms with Crippen LogP contribution in [0.15, 0.2) is 52.2 Å². The molecule has 0 aliphatic heterocycles. The Hall–Kier alpha value is -1.67. The second kappa shape index (κ2) is 9.72. The van der Waals surface area contributed by atoms with Crippen molar-refractivity contribution in [3.63, 3.8) is 0 Å². The number of halogens is 2. The quantitative estimate of drug-likeness (QED) is 0.284. The van der Waals surface area contributed by atoms with Crippen LogP contribution in [0.4, 0.5) is 0 Å². The van der Waals surface area contributed by atoms with Crippen molar-refractivity contribution >= 4 is 52.4 Å². The molecule has 25 heavy (non-hydrogen) atoms. The van der Waals surface area contributed by atoms with Gasteiger partial charge in [0.25, 0.3) is 0 Å². The maximum absolute atomic E-state index is 6.10. The van der Waals surface area contributed by atoms with Crippen LogP contribution in [0.3, 0.4) is 0 Å². The van der Waals surface area contributed by atoms with Crippen LogP contribution in [0.5, 0.6) is 0 Å². The van der Waals surface area contributed by atoms with Crippen molar-refractivity contribution in [2.45, 2.75) is 19.9 Å². The van der Waals surface area contributed by atoms with Crippen molar-refractivity contribution in [3.8, 4) is 0 Å². The highest BCUT2D eigenvalue weighted by molar-refractivity contribution is 14.0. The van der Waals surface area contributed by atoms with Gasteiger partial charge in [-0.1, -0.05) is 11.6 Å². The number of aromatic nitrogens is 1. The topological polar surface area (TPSA) is 65.3 Å². The molecule has 3 aromatic rings. The molecule has 0 bridgehead atoms. The van der Waals surface area contributed by atoms with Crippen LogP contribution in [0.1, 0.15) is 18.2 Å². The van der Waals surface area contributed by atoms with Crippen LogP contribution in [-0.2, 0) is 13.0 Å². The lowest BCUT2D eigenvalue weighted by Gasteiger charge is -2.10. The summed E-state index contributed by atoms with van der Waals surface area (Å²) in [6, 6.07) is 9.69. The second-order valence-electron chi connectivity index (χ2n) is 5.46. The number of aliphatic imine (C=N–C) groups is 1. The van der Waals surface area contributed by atoms with E-state index in [1.807, 2.05) is 43.5 Å². The molecule has 7 heteroatoms. The number of nitrogens with one attached hydrogen (secondary N) is 3. The number of furan rings is 1. The van der Waals surface area contributed by atoms with E-state index < -0.39 is 0 Å². The fourth-order valence-electron chi connectivity index (χ4n) is 2.57. The minimum absolute atomic E-state index is 0. The number of aromatic amines is 1. The first-order valence-electron chi connectivity index (χ1n) is 8.06. The zero-order valence-electron chi connectivity index (χ0n) is 14.0. The number of rotatable bonds is 6. The summed E-state index contributed by atoms with van der Waals surface area (Å²) in [6.07, 6.45) is 4.58. The molecule has 134 valence electrons. The highest BCUT2D eigenvalue weighted by atomic mass is 127. The van der Waals surface area contributed by atoms with E-state index in [0.717, 1.165) is 41.8 Å². The third-order valence-corrected chi connectivity index (χ3v) is 3.97. The van der Waals surface area contributed by atoms with Crippen LogP contribution in [-0.4, -0.2) is 24.0 Å². The van der Waals surface area contributed by atoms with E-state index in [0.29, 0.717) is 6.54 Å². The zero-order valence-corrected chi connectivity index (χ0v) is 17.1. The largest absolute Gasteiger partial charge is 0.467 e. The number of hydrogen-bond acceptors (Lipinski definition) is 2. The van der Waals surface area contributed by atoms with Gasteiger partial charge >= 0.3 is 0 Å². The number of hydrogen-bond donors (Lipinski definition) is 3. The Labute approximate surface area is 169 Å². The molecule has 0 spiro atoms. The Balaban J connectivity index is 0.00000225. The van der Waals surface area contributed by atoms with Gasteiger partial charge in [-0.2, -0.15) is 0 Å². The first-order valence-corrected chi connectivity index (χ1v) is 8.44. The molecule has 0 fully saturated rings. The number of benzene rings is 1. The number of nitrogens with zero attached hydrogens (tertiary/aromatic N) is 1. The summed E-state index contributed by atoms with van der Waals surface area (Å²) in [5.41, 5.74) is 2.34. The van der Waals surface area contributed by atoms with Gasteiger partial charge in [0, 0.05) is 35.2 Å². The van der Waals surface area contributed by atoms with E-state index in [4.69, 9.17) is 16.0 Å². The average molecular weight is 473 g/mol. The van der Waals surface area contributed by atoms with Gasteiger partial charge in [0.2, 0.25) is 0 Å². The highest BCUT2D eigenvalue weighted by Crippen LogP contribution is 2.22. The van der Waals surface area contributed by atoms with Crippen LogP contribution in [0.25, 0.3) is 10.9 Å². The van der Waals surface area contributed by atoms with Crippen molar-refractivity contribution < 1.29 is 4.42 Å². The average Bonchev–Trinajstić information content (AvgIpc) is 3.22. The third kappa shape index (κ3) is 5.40. The lowest BCUT2D eigenvalue weighted by Crippen LogP contribution is -2.38. The predicted molar refractivity (Wildman–Crippen MR) is 114 cm³/mol. The number of guanidine groups is 1. The molecule has 0 aliphatic carbocycles. The zero-order chi connectivity index (χ0) is 16.8. The van der Waals surface area contributed by atoms with Gasteiger partial charge in [-0.05, 0) is 49.2 Å². The summed E-state index contributed by atoms with van der Waals surface area (Å²) < 4.78 is 5.31. The first-order chi connectivity index (χ1) is 11.8. The Morgan fingerprint density at radius 2 is 2.16 bits per heavy atom. The van der Waals surface area contributed by atoms with Crippen LogP contribution < -0.4 is 10.6 Å². The minimum Gasteiger partial charge on any atom is -0.467 e. The molecule has 1 aromatic carbocycles. The lowest BCUT2D eigenvalue weighted by atomic mass is 10.1. The number of H-pyrrole nitrogens is 1. The fraction of sp³-hybridized carbons (Fsp3) is 0.278. The van der Waals surface area contributed by atoms with Gasteiger partial charge in [0.05, 0.1) is 6.26 Å². The Morgan fingerprint density at radius 1 is 1.28 bits per heavy atom. The van der Waals surface area contributed by atoms with Gasteiger partial charge < -0.3 is 20.0 Å². The normalized spacial score (nSPS) is 11.4. The molecule has 0 amide bonds. The van der Waals surface area contributed by atoms with Gasteiger partial charge in [-0.3, -0.25) is 0 Å². The van der Waals surface area contributed by atoms with Gasteiger partial charge in [0.1, 0.15) is 12.3 Å². The monoisotopic (exact) mass is 472 g/mol. The standard InChI is InChI=1S/C18H21ClN4O.HI/c1-2-20-18(23-12-15-4-3-9-24-15)21-8-7-13-11-22-17-6-5-14(19)10-16(13)17;/h3-6,9-11,22H,2,7-8,12H2,1H3,(H2,20,21,23);1H. The molecule has 0 saturated heterocycles. The number of fused-ring (bicyclic) bond motifs is 1.